The summed E-state index contributed by atoms with van der Waals surface area (Å²) in [6.45, 7) is 23.8. The monoisotopic (exact) mass is 1790 g/mol. The van der Waals surface area contributed by atoms with Crippen LogP contribution in [0.15, 0.2) is 174 Å². The maximum Gasteiger partial charge on any atom is 0.762 e. The highest BCUT2D eigenvalue weighted by Gasteiger charge is 2.21. The highest BCUT2D eigenvalue weighted by molar-refractivity contribution is 9.08. The molecule has 0 bridgehead atoms. The lowest BCUT2D eigenvalue weighted by atomic mass is 10.1. The molecule has 0 unspecified atom stereocenters. The molecule has 35 heteroatoms. The first-order valence-electron chi connectivity index (χ1n) is 33.8. The first-order chi connectivity index (χ1) is 53.9. The SMILES string of the molecule is BrCc1ccccc1.CC(=O)O.CC(=O)c1cc(Cl)c(C)cc1O.CC(=O)c1cc(Cl)c(O)cc1O.CCN.CCO.CCOC(=O)C(=O)C=C(O)c1cc(Cl)c(C)cc1OCc1ccccc1.CCOC(=O)c1cc(-c2cc(Cl)c(C)cc2OCc2ccccc2)on1.CCOCC.Cl.FB(F)F.NO.Oc1ccc(Cl)c(O)c1. The molecule has 9 aromatic rings. The van der Waals surface area contributed by atoms with Gasteiger partial charge in [0.05, 0.1) is 45.5 Å². The number of carbonyl (C=O) groups excluding carboxylic acids is 5. The van der Waals surface area contributed by atoms with Crippen molar-refractivity contribution in [3.05, 3.63) is 251 Å². The molecule has 0 atom stereocenters. The number of ketones is 3. The number of benzene rings is 8. The lowest BCUT2D eigenvalue weighted by molar-refractivity contribution is -0.151. The highest BCUT2D eigenvalue weighted by atomic mass is 79.9. The Morgan fingerprint density at radius 1 is 0.522 bits per heavy atom. The number of nitrogens with zero attached hydrogens (tertiary/aromatic N) is 1. The van der Waals surface area contributed by atoms with Gasteiger partial charge in [-0.05, 0) is 164 Å². The summed E-state index contributed by atoms with van der Waals surface area (Å²) in [6.07, 6.45) is 0.800. The topological polar surface area (TPSA) is 409 Å². The third kappa shape index (κ3) is 49.7. The maximum atomic E-state index is 11.8. The predicted octanol–water partition coefficient (Wildman–Crippen LogP) is 19.9. The predicted molar refractivity (Wildman–Crippen MR) is 449 cm³/mol. The number of phenols is 5. The number of rotatable bonds is 18. The Hall–Kier alpha value is -9.60. The first kappa shape index (κ1) is 112. The van der Waals surface area contributed by atoms with E-state index < -0.39 is 37.0 Å². The van der Waals surface area contributed by atoms with Crippen LogP contribution >= 0.6 is 86.3 Å². The molecule has 0 aliphatic carbocycles. The number of phenolic OH excluding ortho intramolecular Hbond substituents is 5. The minimum absolute atomic E-state index is 0. The van der Waals surface area contributed by atoms with Crippen molar-refractivity contribution in [2.24, 2.45) is 11.6 Å². The zero-order valence-electron chi connectivity index (χ0n) is 64.9. The second-order valence-electron chi connectivity index (χ2n) is 21.7. The van der Waals surface area contributed by atoms with Crippen LogP contribution in [0.25, 0.3) is 17.1 Å². The number of aliphatic hydroxyl groups excluding tert-OH is 2. The fraction of sp³-hybridized carbons (Fsp3) is 0.263. The number of aromatic hydroxyl groups is 5. The fourth-order valence-corrected chi connectivity index (χ4v) is 8.78. The second-order valence-corrected chi connectivity index (χ2v) is 24.3. The van der Waals surface area contributed by atoms with Crippen LogP contribution in [0.4, 0.5) is 12.9 Å². The number of alkyl halides is 1. The van der Waals surface area contributed by atoms with Crippen molar-refractivity contribution in [2.45, 2.75) is 102 Å². The number of aromatic nitrogens is 1. The molecule has 1 heterocycles. The summed E-state index contributed by atoms with van der Waals surface area (Å²) >= 11 is 32.4. The molecule has 1 aromatic heterocycles. The number of carboxylic acids is 1. The van der Waals surface area contributed by atoms with Crippen LogP contribution in [0, 0.1) is 20.8 Å². The van der Waals surface area contributed by atoms with Gasteiger partial charge in [0, 0.05) is 71.4 Å². The van der Waals surface area contributed by atoms with Crippen LogP contribution in [0.1, 0.15) is 132 Å². The van der Waals surface area contributed by atoms with Crippen molar-refractivity contribution in [1.29, 1.82) is 0 Å². The van der Waals surface area contributed by atoms with Crippen molar-refractivity contribution in [1.82, 2.24) is 5.16 Å². The summed E-state index contributed by atoms with van der Waals surface area (Å²) in [6, 6.07) is 47.1. The molecule has 13 N–H and O–H groups in total. The van der Waals surface area contributed by atoms with E-state index in [9.17, 15) is 47.1 Å². The Labute approximate surface area is 706 Å². The largest absolute Gasteiger partial charge is 0.762 e. The zero-order chi connectivity index (χ0) is 87.6. The minimum atomic E-state index is -3.67. The van der Waals surface area contributed by atoms with Crippen LogP contribution in [-0.2, 0) is 47.1 Å². The van der Waals surface area contributed by atoms with Gasteiger partial charge in [0.25, 0.3) is 11.8 Å². The maximum absolute atomic E-state index is 11.8. The summed E-state index contributed by atoms with van der Waals surface area (Å²) < 4.78 is 60.5. The average molecular weight is 1800 g/mol. The van der Waals surface area contributed by atoms with E-state index >= 15 is 0 Å². The Balaban J connectivity index is -0.000000636. The molecular weight excluding hydrogens is 1700 g/mol. The van der Waals surface area contributed by atoms with Crippen molar-refractivity contribution < 1.29 is 116 Å². The number of aryl methyl sites for hydroxylation is 3. The molecule has 0 spiro atoms. The number of hydrogen-bond donors (Lipinski definition) is 11. The first-order valence-corrected chi connectivity index (χ1v) is 36.9. The number of Topliss-reactive ketones (excluding diaryl/α,β-unsaturated/α-hetero) is 2. The smallest absolute Gasteiger partial charge is 0.508 e. The second kappa shape index (κ2) is 65.6. The fourth-order valence-electron chi connectivity index (χ4n) is 7.63. The van der Waals surface area contributed by atoms with Gasteiger partial charge < -0.3 is 80.0 Å². The molecule has 0 radical (unpaired) electrons. The van der Waals surface area contributed by atoms with Crippen LogP contribution in [0.2, 0.25) is 25.1 Å². The van der Waals surface area contributed by atoms with E-state index in [0.717, 1.165) is 72.0 Å². The summed E-state index contributed by atoms with van der Waals surface area (Å²) in [7, 11) is -3.67. The van der Waals surface area contributed by atoms with Gasteiger partial charge in [-0.3, -0.25) is 32.1 Å². The number of carbonyl (C=O) groups is 6. The van der Waals surface area contributed by atoms with Crippen molar-refractivity contribution in [2.75, 3.05) is 39.6 Å². The lowest BCUT2D eigenvalue weighted by Gasteiger charge is -2.13. The van der Waals surface area contributed by atoms with Crippen LogP contribution in [-0.4, -0.2) is 134 Å². The third-order valence-corrected chi connectivity index (χ3v) is 15.2. The molecule has 115 heavy (non-hydrogen) atoms. The quantitative estimate of drug-likeness (QED) is 0.00555. The Kier molecular flexibility index (Phi) is 63.8. The Bertz CT molecular complexity index is 4260. The summed E-state index contributed by atoms with van der Waals surface area (Å²) in [5.74, 6) is -0.0358. The summed E-state index contributed by atoms with van der Waals surface area (Å²) in [4.78, 5) is 65.8. The van der Waals surface area contributed by atoms with Crippen LogP contribution in [0.3, 0.4) is 0 Å². The molecule has 0 saturated carbocycles. The zero-order valence-corrected chi connectivity index (χ0v) is 71.1. The molecule has 0 fully saturated rings. The molecule has 0 amide bonds. The van der Waals surface area contributed by atoms with Gasteiger partial charge in [-0.15, -0.1) is 12.4 Å². The molecule has 630 valence electrons. The molecule has 24 nitrogen and oxygen atoms in total. The van der Waals surface area contributed by atoms with Gasteiger partial charge in [-0.1, -0.05) is 177 Å². The van der Waals surface area contributed by atoms with Crippen molar-refractivity contribution in [3.63, 3.8) is 0 Å². The number of nitrogens with two attached hydrogens (primary N) is 2. The number of carboxylic acid groups (broad SMARTS) is 1. The number of esters is 2. The summed E-state index contributed by atoms with van der Waals surface area (Å²) in [5, 5.41) is 83.3. The number of ether oxygens (including phenoxy) is 5. The number of aliphatic carboxylic acids is 1. The van der Waals surface area contributed by atoms with Crippen LogP contribution in [0.5, 0.6) is 40.2 Å². The van der Waals surface area contributed by atoms with E-state index in [1.165, 1.54) is 67.9 Å². The van der Waals surface area contributed by atoms with Gasteiger partial charge >= 0.3 is 19.5 Å². The number of hydrogen-bond acceptors (Lipinski definition) is 23. The van der Waals surface area contributed by atoms with Crippen LogP contribution < -0.4 is 21.1 Å². The van der Waals surface area contributed by atoms with Gasteiger partial charge in [0.1, 0.15) is 59.2 Å². The normalized spacial score (nSPS) is 9.52. The molecule has 0 aliphatic rings. The van der Waals surface area contributed by atoms with Gasteiger partial charge in [0.2, 0.25) is 0 Å². The highest BCUT2D eigenvalue weighted by Crippen LogP contribution is 2.37. The van der Waals surface area contributed by atoms with E-state index in [1.54, 1.807) is 46.8 Å². The van der Waals surface area contributed by atoms with E-state index in [4.69, 9.17) is 128 Å². The van der Waals surface area contributed by atoms with E-state index in [2.05, 4.69) is 43.9 Å². The molecule has 8 aromatic carbocycles. The number of halogens is 10. The van der Waals surface area contributed by atoms with Gasteiger partial charge in [-0.25, -0.2) is 15.5 Å². The third-order valence-electron chi connectivity index (χ3n) is 12.7. The van der Waals surface area contributed by atoms with E-state index in [-0.39, 0.29) is 112 Å². The van der Waals surface area contributed by atoms with Crippen molar-refractivity contribution >= 4 is 135 Å². The standard InChI is InChI=1S/C20H18ClNO4.C20H19ClO5.C9H9ClO2.C8H7ClO3.C7H7Br.C6H5ClO2.C4H10O.C2H7N.C2H4O2.C2H6O.BF3.ClH.H3NO/c1-3-24-20(23)17-11-19(26-22-17)15-10-16(21)13(2)9-18(15)25-12-14-7-5-4-6-8-14;1-3-25-20(24)18(23)11-17(22)15-10-16(21)13(2)9-19(15)26-12-14-7-5-4-6-8-14;1-5-3-9(12)7(6(2)11)4-8(5)10;1-4(10)5-2-6(9)8(12)3-7(5)11;8-6-7-4-2-1-3-5-7;7-5-2-1-4(8)3-6(5)9;1-3-5-4-2;1-2-3;1-2(3)4;1-2-3;2-1(3)4;;1-2/h4-11H,3,12H2,1-2H3;4-11,22H,3,12H2,1-2H3;3-4,12H,1-2H3;2-3,11-12H,1H3;1-5H,6H2;1-3,8-9H;3-4H2,1-2H3;2-3H2,1H3;1H3,(H,3,4);3H,2H2,1H3;;1H;2H,1H2. The number of aliphatic hydroxyl groups is 2. The van der Waals surface area contributed by atoms with Gasteiger partial charge in [0.15, 0.2) is 23.0 Å². The Morgan fingerprint density at radius 3 is 1.30 bits per heavy atom. The van der Waals surface area contributed by atoms with E-state index in [1.807, 2.05) is 113 Å². The average Bonchev–Trinajstić information content (AvgIpc) is 1.77. The Morgan fingerprint density at radius 2 is 0.904 bits per heavy atom. The van der Waals surface area contributed by atoms with Gasteiger partial charge in [-0.2, -0.15) is 0 Å². The van der Waals surface area contributed by atoms with E-state index in [0.29, 0.717) is 44.5 Å². The molecule has 0 aliphatic heterocycles. The van der Waals surface area contributed by atoms with Crippen molar-refractivity contribution in [3.8, 4) is 51.6 Å². The molecular formula is C80H96BBrCl6F3N3O21. The molecule has 9 rings (SSSR count). The molecule has 0 saturated heterocycles. The lowest BCUT2D eigenvalue weighted by Crippen LogP contribution is -2.15. The minimum Gasteiger partial charge on any atom is -0.508 e. The summed E-state index contributed by atoms with van der Waals surface area (Å²) in [5.41, 5.74) is 11.9.